The quantitative estimate of drug-likeness (QED) is 0.641. The molecule has 0 atom stereocenters. The van der Waals surface area contributed by atoms with Crippen molar-refractivity contribution in [2.45, 2.75) is 20.4 Å². The third-order valence-electron chi connectivity index (χ3n) is 3.68. The number of esters is 1. The van der Waals surface area contributed by atoms with Gasteiger partial charge in [-0.25, -0.2) is 9.78 Å². The summed E-state index contributed by atoms with van der Waals surface area (Å²) < 4.78 is 9.73. The lowest BCUT2D eigenvalue weighted by atomic mass is 10.1. The van der Waals surface area contributed by atoms with Gasteiger partial charge in [-0.2, -0.15) is 5.10 Å². The first kappa shape index (κ1) is 20.0. The Hall–Kier alpha value is -3.35. The smallest absolute Gasteiger partial charge is 0.337 e. The van der Waals surface area contributed by atoms with Crippen molar-refractivity contribution >= 4 is 11.8 Å². The molecule has 0 amide bonds. The Kier molecular flexibility index (Phi) is 7.37. The second-order valence-corrected chi connectivity index (χ2v) is 5.30. The van der Waals surface area contributed by atoms with Crippen molar-refractivity contribution in [2.75, 3.05) is 19.5 Å². The molecule has 0 unspecified atom stereocenters. The van der Waals surface area contributed by atoms with Crippen LogP contribution in [0.1, 0.15) is 29.8 Å². The van der Waals surface area contributed by atoms with Crippen molar-refractivity contribution < 1.29 is 14.3 Å². The minimum absolute atomic E-state index is 0.343. The van der Waals surface area contributed by atoms with Gasteiger partial charge in [-0.05, 0) is 23.8 Å². The maximum atomic E-state index is 11.4. The number of pyridine rings is 1. The van der Waals surface area contributed by atoms with Crippen molar-refractivity contribution in [3.05, 3.63) is 59.8 Å². The number of hydrogen-bond acceptors (Lipinski definition) is 6. The molecule has 2 heterocycles. The van der Waals surface area contributed by atoms with E-state index in [1.165, 1.54) is 7.11 Å². The highest BCUT2D eigenvalue weighted by Crippen LogP contribution is 2.21. The van der Waals surface area contributed by atoms with Crippen LogP contribution in [0.2, 0.25) is 0 Å². The van der Waals surface area contributed by atoms with Crippen LogP contribution in [0, 0.1) is 0 Å². The lowest BCUT2D eigenvalue weighted by Crippen LogP contribution is -2.03. The number of H-pyrrole nitrogens is 1. The maximum Gasteiger partial charge on any atom is 0.337 e. The summed E-state index contributed by atoms with van der Waals surface area (Å²) in [6.45, 7) is 4.59. The van der Waals surface area contributed by atoms with Crippen LogP contribution in [-0.4, -0.2) is 35.4 Å². The van der Waals surface area contributed by atoms with Gasteiger partial charge in [-0.15, -0.1) is 0 Å². The number of ether oxygens (including phenoxy) is 2. The molecule has 2 aromatic heterocycles. The second kappa shape index (κ2) is 9.96. The average molecular weight is 368 g/mol. The molecule has 0 aliphatic rings. The van der Waals surface area contributed by atoms with Crippen molar-refractivity contribution in [2.24, 2.45) is 0 Å². The number of aromatic amines is 1. The van der Waals surface area contributed by atoms with Gasteiger partial charge in [-0.3, -0.25) is 5.10 Å². The monoisotopic (exact) mass is 368 g/mol. The number of hydrogen-bond donors (Lipinski definition) is 2. The Morgan fingerprint density at radius 2 is 1.85 bits per heavy atom. The van der Waals surface area contributed by atoms with Crippen LogP contribution < -0.4 is 10.1 Å². The zero-order valence-electron chi connectivity index (χ0n) is 15.9. The Morgan fingerprint density at radius 1 is 1.11 bits per heavy atom. The number of nitrogens with one attached hydrogen (secondary N) is 2. The zero-order valence-corrected chi connectivity index (χ0v) is 15.9. The molecular weight excluding hydrogens is 344 g/mol. The molecule has 27 heavy (non-hydrogen) atoms. The summed E-state index contributed by atoms with van der Waals surface area (Å²) in [5.74, 6) is 0.949. The van der Waals surface area contributed by atoms with Gasteiger partial charge in [0.15, 0.2) is 0 Å². The maximum absolute atomic E-state index is 11.4. The minimum atomic E-state index is -0.343. The molecule has 1 aromatic carbocycles. The van der Waals surface area contributed by atoms with Crippen LogP contribution in [0.5, 0.6) is 5.88 Å². The summed E-state index contributed by atoms with van der Waals surface area (Å²) in [4.78, 5) is 15.6. The van der Waals surface area contributed by atoms with Gasteiger partial charge in [0.05, 0.1) is 25.5 Å². The van der Waals surface area contributed by atoms with Gasteiger partial charge in [0.2, 0.25) is 5.88 Å². The molecule has 7 heteroatoms. The molecule has 0 aliphatic heterocycles. The molecule has 0 saturated heterocycles. The fraction of sp³-hybridized carbons (Fsp3) is 0.250. The average Bonchev–Trinajstić information content (AvgIpc) is 3.22. The van der Waals surface area contributed by atoms with E-state index in [2.05, 4.69) is 25.2 Å². The van der Waals surface area contributed by atoms with Crippen LogP contribution in [-0.2, 0) is 11.3 Å². The molecule has 0 saturated carbocycles. The number of methoxy groups -OCH3 is 2. The third kappa shape index (κ3) is 5.31. The summed E-state index contributed by atoms with van der Waals surface area (Å²) in [5, 5.41) is 10.4. The molecule has 0 spiro atoms. The van der Waals surface area contributed by atoms with E-state index >= 15 is 0 Å². The van der Waals surface area contributed by atoms with Gasteiger partial charge >= 0.3 is 5.97 Å². The fourth-order valence-corrected chi connectivity index (χ4v) is 2.29. The molecule has 3 rings (SSSR count). The van der Waals surface area contributed by atoms with E-state index in [0.29, 0.717) is 18.0 Å². The topological polar surface area (TPSA) is 89.1 Å². The molecule has 2 N–H and O–H groups in total. The SMILES string of the molecule is CC.COC(=O)c1ccc(CNc2cc(-c3ccc(OC)nc3)[nH]n2)cc1. The first-order chi connectivity index (χ1) is 13.2. The third-order valence-corrected chi connectivity index (χ3v) is 3.68. The highest BCUT2D eigenvalue weighted by atomic mass is 16.5. The number of nitrogens with zero attached hydrogens (tertiary/aromatic N) is 2. The standard InChI is InChI=1S/C18H18N4O3.C2H6/c1-24-17-8-7-14(11-20-17)15-9-16(22-21-15)19-10-12-3-5-13(6-4-12)18(23)25-2;1-2/h3-9,11H,10H2,1-2H3,(H2,19,21,22);1-2H3. The molecular formula is C20H24N4O3. The predicted molar refractivity (Wildman–Crippen MR) is 105 cm³/mol. The van der Waals surface area contributed by atoms with Crippen LogP contribution in [0.3, 0.4) is 0 Å². The summed E-state index contributed by atoms with van der Waals surface area (Å²) in [5.41, 5.74) is 3.34. The van der Waals surface area contributed by atoms with E-state index in [-0.39, 0.29) is 5.97 Å². The van der Waals surface area contributed by atoms with Crippen LogP contribution in [0.4, 0.5) is 5.82 Å². The predicted octanol–water partition coefficient (Wildman–Crippen LogP) is 3.91. The van der Waals surface area contributed by atoms with E-state index in [9.17, 15) is 4.79 Å². The van der Waals surface area contributed by atoms with Crippen LogP contribution in [0.25, 0.3) is 11.3 Å². The Balaban J connectivity index is 0.00000126. The largest absolute Gasteiger partial charge is 0.481 e. The molecule has 0 radical (unpaired) electrons. The number of benzene rings is 1. The van der Waals surface area contributed by atoms with Gasteiger partial charge < -0.3 is 14.8 Å². The van der Waals surface area contributed by atoms with Gasteiger partial charge in [0.25, 0.3) is 0 Å². The zero-order chi connectivity index (χ0) is 19.6. The highest BCUT2D eigenvalue weighted by Gasteiger charge is 2.06. The summed E-state index contributed by atoms with van der Waals surface area (Å²) >= 11 is 0. The van der Waals surface area contributed by atoms with E-state index < -0.39 is 0 Å². The molecule has 142 valence electrons. The first-order valence-electron chi connectivity index (χ1n) is 8.66. The Morgan fingerprint density at radius 3 is 2.44 bits per heavy atom. The van der Waals surface area contributed by atoms with Crippen LogP contribution in [0.15, 0.2) is 48.7 Å². The number of rotatable bonds is 6. The Bertz CT molecular complexity index is 842. The van der Waals surface area contributed by atoms with E-state index in [1.807, 2.05) is 38.1 Å². The molecule has 3 aromatic rings. The summed E-state index contributed by atoms with van der Waals surface area (Å²) in [7, 11) is 2.95. The number of carbonyl (C=O) groups is 1. The van der Waals surface area contributed by atoms with Crippen molar-refractivity contribution in [1.29, 1.82) is 0 Å². The van der Waals surface area contributed by atoms with Crippen molar-refractivity contribution in [3.63, 3.8) is 0 Å². The fourth-order valence-electron chi connectivity index (χ4n) is 2.29. The van der Waals surface area contributed by atoms with Gasteiger partial charge in [0.1, 0.15) is 5.82 Å². The highest BCUT2D eigenvalue weighted by molar-refractivity contribution is 5.89. The van der Waals surface area contributed by atoms with Crippen molar-refractivity contribution in [1.82, 2.24) is 15.2 Å². The normalized spacial score (nSPS) is 9.78. The number of anilines is 1. The number of aromatic nitrogens is 3. The Labute approximate surface area is 158 Å². The van der Waals surface area contributed by atoms with E-state index in [0.717, 1.165) is 22.6 Å². The minimum Gasteiger partial charge on any atom is -0.481 e. The first-order valence-corrected chi connectivity index (χ1v) is 8.66. The molecule has 0 bridgehead atoms. The lowest BCUT2D eigenvalue weighted by molar-refractivity contribution is 0.0600. The molecule has 0 aliphatic carbocycles. The van der Waals surface area contributed by atoms with Gasteiger partial charge in [-0.1, -0.05) is 26.0 Å². The number of carbonyl (C=O) groups excluding carboxylic acids is 1. The van der Waals surface area contributed by atoms with Crippen LogP contribution >= 0.6 is 0 Å². The lowest BCUT2D eigenvalue weighted by Gasteiger charge is -2.04. The molecule has 0 fully saturated rings. The molecule has 7 nitrogen and oxygen atoms in total. The van der Waals surface area contributed by atoms with E-state index in [4.69, 9.17) is 4.74 Å². The van der Waals surface area contributed by atoms with Crippen molar-refractivity contribution in [3.8, 4) is 17.1 Å². The van der Waals surface area contributed by atoms with Gasteiger partial charge in [0, 0.05) is 30.4 Å². The van der Waals surface area contributed by atoms with E-state index in [1.54, 1.807) is 31.5 Å². The summed E-state index contributed by atoms with van der Waals surface area (Å²) in [6.07, 6.45) is 1.72. The second-order valence-electron chi connectivity index (χ2n) is 5.30. The summed E-state index contributed by atoms with van der Waals surface area (Å²) in [6, 6.07) is 12.8.